The Bertz CT molecular complexity index is 1130. The smallest absolute Gasteiger partial charge is 0.305 e. The lowest BCUT2D eigenvalue weighted by atomic mass is 10.2. The Morgan fingerprint density at radius 3 is 2.58 bits per heavy atom. The highest BCUT2D eigenvalue weighted by Crippen LogP contribution is 2.29. The summed E-state index contributed by atoms with van der Waals surface area (Å²) in [6.45, 7) is 0. The largest absolute Gasteiger partial charge is 0.433 e. The Morgan fingerprint density at radius 2 is 1.79 bits per heavy atom. The molecule has 0 aliphatic carbocycles. The average molecular weight is 331 g/mol. The Hall–Kier alpha value is -3.23. The van der Waals surface area contributed by atoms with E-state index in [0.717, 1.165) is 10.6 Å². The van der Waals surface area contributed by atoms with E-state index in [1.165, 1.54) is 12.1 Å². The van der Waals surface area contributed by atoms with Gasteiger partial charge in [-0.15, -0.1) is 5.10 Å². The molecule has 0 aliphatic rings. The molecule has 4 rings (SSSR count). The van der Waals surface area contributed by atoms with Crippen molar-refractivity contribution in [1.29, 1.82) is 0 Å². The van der Waals surface area contributed by atoms with E-state index in [-0.39, 0.29) is 17.2 Å². The minimum atomic E-state index is -4.57. The molecular weight excluding hydrogens is 323 g/mol. The fourth-order valence-electron chi connectivity index (χ4n) is 2.41. The maximum atomic E-state index is 12.8. The van der Waals surface area contributed by atoms with Crippen molar-refractivity contribution < 1.29 is 13.2 Å². The van der Waals surface area contributed by atoms with E-state index in [1.54, 1.807) is 24.3 Å². The molecule has 3 aromatic heterocycles. The van der Waals surface area contributed by atoms with Crippen LogP contribution in [0.5, 0.6) is 0 Å². The Morgan fingerprint density at radius 1 is 1.00 bits per heavy atom. The number of pyridine rings is 1. The molecule has 1 N–H and O–H groups in total. The fraction of sp³-hybridized carbons (Fsp3) is 0.0667. The zero-order valence-electron chi connectivity index (χ0n) is 11.9. The minimum absolute atomic E-state index is 0.0528. The van der Waals surface area contributed by atoms with Crippen molar-refractivity contribution in [2.24, 2.45) is 0 Å². The molecule has 0 radical (unpaired) electrons. The number of rotatable bonds is 1. The SMILES string of the molecule is O=c1[nH]c2ccccc2c2nc(-c3cccc(C(F)(F)F)n3)nn12. The molecule has 0 fully saturated rings. The third kappa shape index (κ3) is 2.21. The first-order valence-corrected chi connectivity index (χ1v) is 6.86. The Balaban J connectivity index is 1.98. The highest BCUT2D eigenvalue weighted by atomic mass is 19.4. The number of fused-ring (bicyclic) bond motifs is 3. The number of hydrogen-bond acceptors (Lipinski definition) is 4. The average Bonchev–Trinajstić information content (AvgIpc) is 3.01. The number of H-pyrrole nitrogens is 1. The van der Waals surface area contributed by atoms with Gasteiger partial charge in [0.2, 0.25) is 5.82 Å². The maximum Gasteiger partial charge on any atom is 0.433 e. The number of nitrogens with one attached hydrogen (secondary N) is 1. The van der Waals surface area contributed by atoms with E-state index in [9.17, 15) is 18.0 Å². The van der Waals surface area contributed by atoms with Crippen molar-refractivity contribution in [3.05, 3.63) is 58.6 Å². The summed E-state index contributed by atoms with van der Waals surface area (Å²) in [7, 11) is 0. The van der Waals surface area contributed by atoms with E-state index in [2.05, 4.69) is 20.1 Å². The number of hydrogen-bond donors (Lipinski definition) is 1. The number of nitrogens with zero attached hydrogens (tertiary/aromatic N) is 4. The number of alkyl halides is 3. The summed E-state index contributed by atoms with van der Waals surface area (Å²) in [4.78, 5) is 22.4. The molecule has 0 atom stereocenters. The maximum absolute atomic E-state index is 12.8. The van der Waals surface area contributed by atoms with Gasteiger partial charge in [-0.25, -0.2) is 14.8 Å². The molecule has 4 aromatic rings. The van der Waals surface area contributed by atoms with Crippen molar-refractivity contribution in [1.82, 2.24) is 24.6 Å². The highest BCUT2D eigenvalue weighted by molar-refractivity contribution is 5.91. The van der Waals surface area contributed by atoms with Gasteiger partial charge in [0.05, 0.1) is 5.52 Å². The lowest BCUT2D eigenvalue weighted by Gasteiger charge is -2.05. The molecule has 0 unspecified atom stereocenters. The van der Waals surface area contributed by atoms with Crippen LogP contribution in [0.25, 0.3) is 28.1 Å². The monoisotopic (exact) mass is 331 g/mol. The van der Waals surface area contributed by atoms with Gasteiger partial charge in [0.25, 0.3) is 0 Å². The van der Waals surface area contributed by atoms with E-state index in [4.69, 9.17) is 0 Å². The van der Waals surface area contributed by atoms with Crippen LogP contribution < -0.4 is 5.69 Å². The van der Waals surface area contributed by atoms with E-state index < -0.39 is 17.6 Å². The standard InChI is InChI=1S/C15H8F3N5O/c16-15(17,18)11-7-3-6-10(19-11)12-21-13-8-4-1-2-5-9(8)20-14(24)23(13)22-12/h1-7H,(H,20,24). The molecule has 1 aromatic carbocycles. The molecule has 120 valence electrons. The van der Waals surface area contributed by atoms with Crippen LogP contribution in [0.2, 0.25) is 0 Å². The number of halogens is 3. The summed E-state index contributed by atoms with van der Waals surface area (Å²) in [6, 6.07) is 10.4. The van der Waals surface area contributed by atoms with Gasteiger partial charge in [0.15, 0.2) is 5.65 Å². The van der Waals surface area contributed by atoms with Crippen LogP contribution in [0.3, 0.4) is 0 Å². The Labute approximate surface area is 131 Å². The van der Waals surface area contributed by atoms with Gasteiger partial charge in [-0.3, -0.25) is 0 Å². The predicted octanol–water partition coefficient (Wildman–Crippen LogP) is 2.65. The van der Waals surface area contributed by atoms with E-state index in [0.29, 0.717) is 10.9 Å². The highest BCUT2D eigenvalue weighted by Gasteiger charge is 2.32. The zero-order chi connectivity index (χ0) is 16.9. The predicted molar refractivity (Wildman–Crippen MR) is 79.3 cm³/mol. The van der Waals surface area contributed by atoms with Crippen molar-refractivity contribution >= 4 is 16.6 Å². The molecule has 3 heterocycles. The van der Waals surface area contributed by atoms with Gasteiger partial charge < -0.3 is 4.98 Å². The molecule has 0 saturated carbocycles. The molecule has 0 spiro atoms. The van der Waals surface area contributed by atoms with Crippen LogP contribution in [-0.4, -0.2) is 24.6 Å². The first kappa shape index (κ1) is 14.4. The third-order valence-corrected chi connectivity index (χ3v) is 3.48. The summed E-state index contributed by atoms with van der Waals surface area (Å²) in [6.07, 6.45) is -4.57. The summed E-state index contributed by atoms with van der Waals surface area (Å²) in [5.74, 6) is -0.0528. The second kappa shape index (κ2) is 4.88. The lowest BCUT2D eigenvalue weighted by molar-refractivity contribution is -0.141. The lowest BCUT2D eigenvalue weighted by Crippen LogP contribution is -2.17. The van der Waals surface area contributed by atoms with Crippen LogP contribution >= 0.6 is 0 Å². The van der Waals surface area contributed by atoms with Crippen LogP contribution in [0.15, 0.2) is 47.3 Å². The van der Waals surface area contributed by atoms with E-state index in [1.807, 2.05) is 0 Å². The summed E-state index contributed by atoms with van der Waals surface area (Å²) in [5, 5.41) is 4.62. The quantitative estimate of drug-likeness (QED) is 0.582. The molecule has 9 heteroatoms. The molecule has 0 saturated heterocycles. The zero-order valence-corrected chi connectivity index (χ0v) is 11.9. The molecule has 24 heavy (non-hydrogen) atoms. The van der Waals surface area contributed by atoms with Crippen molar-refractivity contribution in [2.75, 3.05) is 0 Å². The van der Waals surface area contributed by atoms with Crippen molar-refractivity contribution in [3.63, 3.8) is 0 Å². The van der Waals surface area contributed by atoms with Crippen LogP contribution in [-0.2, 0) is 6.18 Å². The van der Waals surface area contributed by atoms with Gasteiger partial charge in [0, 0.05) is 5.39 Å². The van der Waals surface area contributed by atoms with Gasteiger partial charge >= 0.3 is 11.9 Å². The molecular formula is C15H8F3N5O. The topological polar surface area (TPSA) is 75.9 Å². The van der Waals surface area contributed by atoms with Gasteiger partial charge in [-0.2, -0.15) is 17.7 Å². The normalized spacial score (nSPS) is 12.1. The first-order valence-electron chi connectivity index (χ1n) is 6.86. The molecule has 6 nitrogen and oxygen atoms in total. The molecule has 0 aliphatic heterocycles. The van der Waals surface area contributed by atoms with Gasteiger partial charge in [-0.05, 0) is 24.3 Å². The molecule has 0 bridgehead atoms. The summed E-state index contributed by atoms with van der Waals surface area (Å²) in [5.41, 5.74) is -0.821. The van der Waals surface area contributed by atoms with Crippen molar-refractivity contribution in [3.8, 4) is 11.5 Å². The van der Waals surface area contributed by atoms with E-state index >= 15 is 0 Å². The van der Waals surface area contributed by atoms with Gasteiger partial charge in [0.1, 0.15) is 11.4 Å². The number of aromatic amines is 1. The minimum Gasteiger partial charge on any atom is -0.305 e. The van der Waals surface area contributed by atoms with Crippen molar-refractivity contribution in [2.45, 2.75) is 6.18 Å². The number of para-hydroxylation sites is 1. The Kier molecular flexibility index (Phi) is 2.92. The van der Waals surface area contributed by atoms with Crippen LogP contribution in [0.1, 0.15) is 5.69 Å². The first-order chi connectivity index (χ1) is 11.4. The number of benzene rings is 1. The molecule has 0 amide bonds. The van der Waals surface area contributed by atoms with Crippen LogP contribution in [0.4, 0.5) is 13.2 Å². The van der Waals surface area contributed by atoms with Crippen LogP contribution in [0, 0.1) is 0 Å². The second-order valence-electron chi connectivity index (χ2n) is 5.05. The number of aromatic nitrogens is 5. The van der Waals surface area contributed by atoms with Gasteiger partial charge in [-0.1, -0.05) is 18.2 Å². The second-order valence-corrected chi connectivity index (χ2v) is 5.05. The fourth-order valence-corrected chi connectivity index (χ4v) is 2.41. The third-order valence-electron chi connectivity index (χ3n) is 3.48. The summed E-state index contributed by atoms with van der Waals surface area (Å²) < 4.78 is 39.4. The summed E-state index contributed by atoms with van der Waals surface area (Å²) >= 11 is 0.